The number of benzene rings is 2. The van der Waals surface area contributed by atoms with Crippen LogP contribution in [0, 0.1) is 0 Å². The largest absolute Gasteiger partial charge is 0.457 e. The highest BCUT2D eigenvalue weighted by Gasteiger charge is 2.06. The van der Waals surface area contributed by atoms with E-state index in [-0.39, 0.29) is 5.91 Å². The Morgan fingerprint density at radius 3 is 2.50 bits per heavy atom. The van der Waals surface area contributed by atoms with E-state index in [2.05, 4.69) is 10.6 Å². The molecule has 0 bridgehead atoms. The number of rotatable bonds is 4. The van der Waals surface area contributed by atoms with Gasteiger partial charge in [0.05, 0.1) is 11.4 Å². The summed E-state index contributed by atoms with van der Waals surface area (Å²) in [5.41, 5.74) is 7.87. The van der Waals surface area contributed by atoms with E-state index in [1.165, 1.54) is 0 Å². The van der Waals surface area contributed by atoms with Gasteiger partial charge >= 0.3 is 0 Å². The first-order chi connectivity index (χ1) is 9.63. The molecule has 0 spiro atoms. The van der Waals surface area contributed by atoms with E-state index in [4.69, 9.17) is 10.5 Å². The Kier molecular flexibility index (Phi) is 4.10. The second-order valence-corrected chi connectivity index (χ2v) is 4.21. The fraction of sp³-hybridized carbons (Fsp3) is 0.133. The van der Waals surface area contributed by atoms with Crippen molar-refractivity contribution in [1.82, 2.24) is 5.32 Å². The second-order valence-electron chi connectivity index (χ2n) is 4.21. The van der Waals surface area contributed by atoms with Crippen molar-refractivity contribution in [2.24, 2.45) is 0 Å². The molecule has 20 heavy (non-hydrogen) atoms. The Morgan fingerprint density at radius 1 is 1.10 bits per heavy atom. The lowest BCUT2D eigenvalue weighted by atomic mass is 10.2. The van der Waals surface area contributed by atoms with Crippen LogP contribution in [0.3, 0.4) is 0 Å². The quantitative estimate of drug-likeness (QED) is 0.747. The number of amides is 1. The lowest BCUT2D eigenvalue weighted by molar-refractivity contribution is 0.0963. The molecule has 0 aliphatic heterocycles. The highest BCUT2D eigenvalue weighted by molar-refractivity contribution is 5.94. The van der Waals surface area contributed by atoms with E-state index in [0.717, 1.165) is 5.69 Å². The summed E-state index contributed by atoms with van der Waals surface area (Å²) in [6, 6.07) is 12.4. The zero-order valence-electron chi connectivity index (χ0n) is 11.4. The van der Waals surface area contributed by atoms with Gasteiger partial charge in [-0.05, 0) is 30.3 Å². The van der Waals surface area contributed by atoms with Crippen LogP contribution in [0.1, 0.15) is 10.4 Å². The third kappa shape index (κ3) is 3.00. The highest BCUT2D eigenvalue weighted by atomic mass is 16.5. The summed E-state index contributed by atoms with van der Waals surface area (Å²) in [5.74, 6) is 1.05. The predicted molar refractivity (Wildman–Crippen MR) is 80.3 cm³/mol. The lowest BCUT2D eigenvalue weighted by Gasteiger charge is -2.10. The van der Waals surface area contributed by atoms with Gasteiger partial charge in [0.15, 0.2) is 0 Å². The van der Waals surface area contributed by atoms with Crippen molar-refractivity contribution in [3.63, 3.8) is 0 Å². The summed E-state index contributed by atoms with van der Waals surface area (Å²) < 4.78 is 5.71. The molecule has 2 rings (SSSR count). The summed E-state index contributed by atoms with van der Waals surface area (Å²) in [6.45, 7) is 0. The molecule has 2 aromatic carbocycles. The van der Waals surface area contributed by atoms with Crippen molar-refractivity contribution < 1.29 is 9.53 Å². The minimum absolute atomic E-state index is 0.152. The van der Waals surface area contributed by atoms with Crippen molar-refractivity contribution in [3.8, 4) is 11.5 Å². The van der Waals surface area contributed by atoms with Gasteiger partial charge in [-0.2, -0.15) is 0 Å². The Labute approximate surface area is 117 Å². The second kappa shape index (κ2) is 5.97. The first-order valence-corrected chi connectivity index (χ1v) is 6.21. The number of nitrogens with two attached hydrogens (primary N) is 1. The maximum absolute atomic E-state index is 11.6. The van der Waals surface area contributed by atoms with E-state index >= 15 is 0 Å². The van der Waals surface area contributed by atoms with Gasteiger partial charge in [0.2, 0.25) is 0 Å². The van der Waals surface area contributed by atoms with Gasteiger partial charge in [-0.1, -0.05) is 6.07 Å². The summed E-state index contributed by atoms with van der Waals surface area (Å²) in [5, 5.41) is 5.56. The number of carbonyl (C=O) groups is 1. The molecule has 0 aliphatic carbocycles. The number of nitrogens with one attached hydrogen (secondary N) is 2. The van der Waals surface area contributed by atoms with Gasteiger partial charge in [0.1, 0.15) is 11.5 Å². The van der Waals surface area contributed by atoms with Gasteiger partial charge < -0.3 is 21.1 Å². The van der Waals surface area contributed by atoms with Crippen LogP contribution in [0.2, 0.25) is 0 Å². The van der Waals surface area contributed by atoms with Crippen LogP contribution in [-0.2, 0) is 0 Å². The zero-order valence-corrected chi connectivity index (χ0v) is 11.4. The molecule has 0 saturated heterocycles. The summed E-state index contributed by atoms with van der Waals surface area (Å²) >= 11 is 0. The van der Waals surface area contributed by atoms with Crippen molar-refractivity contribution in [1.29, 1.82) is 0 Å². The van der Waals surface area contributed by atoms with Crippen molar-refractivity contribution >= 4 is 17.3 Å². The first kappa shape index (κ1) is 13.7. The topological polar surface area (TPSA) is 76.4 Å². The van der Waals surface area contributed by atoms with Crippen molar-refractivity contribution in [3.05, 3.63) is 48.0 Å². The van der Waals surface area contributed by atoms with E-state index in [1.54, 1.807) is 44.4 Å². The normalized spacial score (nSPS) is 9.90. The molecule has 0 unspecified atom stereocenters. The molecule has 0 saturated carbocycles. The zero-order chi connectivity index (χ0) is 14.5. The maximum atomic E-state index is 11.6. The molecule has 0 fully saturated rings. The molecule has 5 nitrogen and oxygen atoms in total. The fourth-order valence-electron chi connectivity index (χ4n) is 1.81. The Hall–Kier alpha value is -2.69. The average molecular weight is 271 g/mol. The molecule has 104 valence electrons. The number of hydrogen-bond donors (Lipinski definition) is 3. The number of nitrogen functional groups attached to an aromatic ring is 1. The third-order valence-corrected chi connectivity index (χ3v) is 2.85. The predicted octanol–water partition coefficient (Wildman–Crippen LogP) is 2.46. The Morgan fingerprint density at radius 2 is 1.85 bits per heavy atom. The van der Waals surface area contributed by atoms with Crippen LogP contribution in [0.25, 0.3) is 0 Å². The summed E-state index contributed by atoms with van der Waals surface area (Å²) in [6.07, 6.45) is 0. The van der Waals surface area contributed by atoms with Gasteiger partial charge in [-0.3, -0.25) is 4.79 Å². The van der Waals surface area contributed by atoms with E-state index in [9.17, 15) is 4.79 Å². The molecular formula is C15H17N3O2. The molecule has 1 amide bonds. The van der Waals surface area contributed by atoms with E-state index < -0.39 is 0 Å². The van der Waals surface area contributed by atoms with E-state index in [0.29, 0.717) is 22.7 Å². The molecule has 0 aliphatic rings. The SMILES string of the molecule is CNC(=O)c1cccc(Oc2ccc(NC)c(N)c2)c1. The maximum Gasteiger partial charge on any atom is 0.251 e. The van der Waals surface area contributed by atoms with Crippen LogP contribution in [0.15, 0.2) is 42.5 Å². The summed E-state index contributed by atoms with van der Waals surface area (Å²) in [4.78, 5) is 11.6. The molecule has 0 radical (unpaired) electrons. The summed E-state index contributed by atoms with van der Waals surface area (Å²) in [7, 11) is 3.39. The fourth-order valence-corrected chi connectivity index (χ4v) is 1.81. The first-order valence-electron chi connectivity index (χ1n) is 6.21. The highest BCUT2D eigenvalue weighted by Crippen LogP contribution is 2.28. The van der Waals surface area contributed by atoms with Crippen LogP contribution >= 0.6 is 0 Å². The Bertz CT molecular complexity index is 626. The molecule has 2 aromatic rings. The number of hydrogen-bond acceptors (Lipinski definition) is 4. The van der Waals surface area contributed by atoms with Crippen LogP contribution < -0.4 is 21.1 Å². The van der Waals surface area contributed by atoms with Crippen LogP contribution in [0.5, 0.6) is 11.5 Å². The molecule has 5 heteroatoms. The molecule has 4 N–H and O–H groups in total. The third-order valence-electron chi connectivity index (χ3n) is 2.85. The lowest BCUT2D eigenvalue weighted by Crippen LogP contribution is -2.17. The monoisotopic (exact) mass is 271 g/mol. The molecule has 0 heterocycles. The standard InChI is InChI=1S/C15H17N3O2/c1-17-14-7-6-12(9-13(14)16)20-11-5-3-4-10(8-11)15(19)18-2/h3-9,17H,16H2,1-2H3,(H,18,19). The van der Waals surface area contributed by atoms with Gasteiger partial charge in [0.25, 0.3) is 5.91 Å². The molecule has 0 aromatic heterocycles. The smallest absolute Gasteiger partial charge is 0.251 e. The van der Waals surface area contributed by atoms with Crippen LogP contribution in [-0.4, -0.2) is 20.0 Å². The van der Waals surface area contributed by atoms with Gasteiger partial charge in [-0.25, -0.2) is 0 Å². The minimum atomic E-state index is -0.152. The van der Waals surface area contributed by atoms with Crippen LogP contribution in [0.4, 0.5) is 11.4 Å². The molecular weight excluding hydrogens is 254 g/mol. The van der Waals surface area contributed by atoms with Crippen molar-refractivity contribution in [2.75, 3.05) is 25.1 Å². The Balaban J connectivity index is 2.21. The van der Waals surface area contributed by atoms with Gasteiger partial charge in [0, 0.05) is 25.7 Å². The average Bonchev–Trinajstić information content (AvgIpc) is 2.47. The van der Waals surface area contributed by atoms with Gasteiger partial charge in [-0.15, -0.1) is 0 Å². The minimum Gasteiger partial charge on any atom is -0.457 e. The number of ether oxygens (including phenoxy) is 1. The number of anilines is 2. The number of carbonyl (C=O) groups excluding carboxylic acids is 1. The van der Waals surface area contributed by atoms with Crippen molar-refractivity contribution in [2.45, 2.75) is 0 Å². The van der Waals surface area contributed by atoms with E-state index in [1.807, 2.05) is 12.1 Å². The molecule has 0 atom stereocenters.